The van der Waals surface area contributed by atoms with Crippen molar-refractivity contribution in [2.45, 2.75) is 19.4 Å². The van der Waals surface area contributed by atoms with Crippen LogP contribution in [-0.4, -0.2) is 34.6 Å². The van der Waals surface area contributed by atoms with E-state index in [9.17, 15) is 4.79 Å². The Morgan fingerprint density at radius 1 is 1.12 bits per heavy atom. The molecule has 5 rings (SSSR count). The molecule has 158 valence electrons. The molecular weight excluding hydrogens is 398 g/mol. The van der Waals surface area contributed by atoms with Crippen LogP contribution in [0.15, 0.2) is 66.7 Å². The number of aromatic nitrogens is 2. The van der Waals surface area contributed by atoms with Crippen molar-refractivity contribution in [1.82, 2.24) is 20.2 Å². The average Bonchev–Trinajstić information content (AvgIpc) is 3.47. The molecule has 1 aliphatic rings. The van der Waals surface area contributed by atoms with Crippen molar-refractivity contribution in [3.05, 3.63) is 83.4 Å². The summed E-state index contributed by atoms with van der Waals surface area (Å²) in [6, 6.07) is 23.7. The lowest BCUT2D eigenvalue weighted by atomic mass is 10.1. The summed E-state index contributed by atoms with van der Waals surface area (Å²) < 4.78 is 2.10. The maximum atomic E-state index is 12.8. The number of hydrogen-bond donors (Lipinski definition) is 2. The Labute approximate surface area is 186 Å². The van der Waals surface area contributed by atoms with Crippen LogP contribution in [0.4, 0.5) is 0 Å². The van der Waals surface area contributed by atoms with Crippen molar-refractivity contribution in [2.24, 2.45) is 0 Å². The van der Waals surface area contributed by atoms with Gasteiger partial charge in [0, 0.05) is 29.4 Å². The molecule has 1 amide bonds. The van der Waals surface area contributed by atoms with Crippen molar-refractivity contribution in [3.8, 4) is 23.1 Å². The lowest BCUT2D eigenvalue weighted by molar-refractivity contribution is 0.0940. The fraction of sp³-hybridized carbons (Fsp3) is 0.192. The molecule has 0 aliphatic carbocycles. The Balaban J connectivity index is 1.61. The average molecular weight is 422 g/mol. The van der Waals surface area contributed by atoms with E-state index in [1.165, 1.54) is 5.56 Å². The fourth-order valence-corrected chi connectivity index (χ4v) is 4.11. The van der Waals surface area contributed by atoms with Crippen molar-refractivity contribution < 1.29 is 4.79 Å². The van der Waals surface area contributed by atoms with E-state index in [-0.39, 0.29) is 11.9 Å². The second kappa shape index (κ2) is 8.29. The summed E-state index contributed by atoms with van der Waals surface area (Å²) in [6.45, 7) is 3.79. The zero-order valence-electron chi connectivity index (χ0n) is 17.8. The lowest BCUT2D eigenvalue weighted by Crippen LogP contribution is -2.36. The molecule has 1 saturated heterocycles. The number of carbonyl (C=O) groups is 1. The molecule has 3 aromatic carbocycles. The van der Waals surface area contributed by atoms with E-state index in [4.69, 9.17) is 10.2 Å². The molecule has 2 heterocycles. The highest BCUT2D eigenvalue weighted by atomic mass is 16.1. The van der Waals surface area contributed by atoms with Crippen LogP contribution in [0.2, 0.25) is 0 Å². The molecular formula is C26H23N5O. The maximum absolute atomic E-state index is 12.8. The molecule has 32 heavy (non-hydrogen) atoms. The van der Waals surface area contributed by atoms with Gasteiger partial charge in [0.1, 0.15) is 5.82 Å². The molecule has 0 saturated carbocycles. The minimum Gasteiger partial charge on any atom is -0.348 e. The minimum atomic E-state index is -0.0783. The van der Waals surface area contributed by atoms with Gasteiger partial charge in [-0.2, -0.15) is 5.26 Å². The minimum absolute atomic E-state index is 0.0783. The number of rotatable bonds is 4. The van der Waals surface area contributed by atoms with E-state index < -0.39 is 0 Å². The van der Waals surface area contributed by atoms with Gasteiger partial charge in [-0.1, -0.05) is 17.7 Å². The zero-order valence-corrected chi connectivity index (χ0v) is 17.8. The first-order valence-electron chi connectivity index (χ1n) is 10.7. The highest BCUT2D eigenvalue weighted by Crippen LogP contribution is 2.29. The van der Waals surface area contributed by atoms with Crippen LogP contribution >= 0.6 is 0 Å². The van der Waals surface area contributed by atoms with Gasteiger partial charge in [0.05, 0.1) is 22.7 Å². The smallest absolute Gasteiger partial charge is 0.251 e. The zero-order chi connectivity index (χ0) is 22.1. The molecule has 2 N–H and O–H groups in total. The SMILES string of the molecule is Cc1ccc(-n2c(-c3ccc(C#N)cc3)nc3cc(C(=O)NC4CCNC4)ccc32)cc1. The Bertz CT molecular complexity index is 1320. The molecule has 1 fully saturated rings. The van der Waals surface area contributed by atoms with Gasteiger partial charge in [-0.25, -0.2) is 4.98 Å². The van der Waals surface area contributed by atoms with Gasteiger partial charge < -0.3 is 10.6 Å². The van der Waals surface area contributed by atoms with Gasteiger partial charge in [0.15, 0.2) is 0 Å². The van der Waals surface area contributed by atoms with Crippen LogP contribution < -0.4 is 10.6 Å². The monoisotopic (exact) mass is 421 g/mol. The van der Waals surface area contributed by atoms with Crippen LogP contribution in [0.1, 0.15) is 27.9 Å². The molecule has 0 bridgehead atoms. The van der Waals surface area contributed by atoms with Crippen molar-refractivity contribution in [3.63, 3.8) is 0 Å². The van der Waals surface area contributed by atoms with E-state index >= 15 is 0 Å². The third-order valence-corrected chi connectivity index (χ3v) is 5.88. The predicted octanol–water partition coefficient (Wildman–Crippen LogP) is 3.96. The quantitative estimate of drug-likeness (QED) is 0.522. The van der Waals surface area contributed by atoms with Crippen molar-refractivity contribution >= 4 is 16.9 Å². The summed E-state index contributed by atoms with van der Waals surface area (Å²) >= 11 is 0. The fourth-order valence-electron chi connectivity index (χ4n) is 4.11. The number of aryl methyl sites for hydroxylation is 1. The van der Waals surface area contributed by atoms with Crippen LogP contribution in [0.25, 0.3) is 28.1 Å². The molecule has 0 radical (unpaired) electrons. The standard InChI is InChI=1S/C26H23N5O/c1-17-2-9-22(10-3-17)31-24-11-8-20(26(32)29-21-12-13-28-16-21)14-23(24)30-25(31)19-6-4-18(15-27)5-7-19/h2-11,14,21,28H,12-13,16H2,1H3,(H,29,32). The van der Waals surface area contributed by atoms with E-state index in [2.05, 4.69) is 52.5 Å². The second-order valence-electron chi connectivity index (χ2n) is 8.16. The number of nitrogens with zero attached hydrogens (tertiary/aromatic N) is 3. The number of amides is 1. The Morgan fingerprint density at radius 3 is 2.59 bits per heavy atom. The number of nitriles is 1. The van der Waals surface area contributed by atoms with Gasteiger partial charge in [-0.05, 0) is 74.5 Å². The molecule has 6 heteroatoms. The van der Waals surface area contributed by atoms with Gasteiger partial charge in [-0.3, -0.25) is 9.36 Å². The van der Waals surface area contributed by atoms with Crippen LogP contribution in [-0.2, 0) is 0 Å². The van der Waals surface area contributed by atoms with Gasteiger partial charge in [0.25, 0.3) is 5.91 Å². The number of imidazole rings is 1. The van der Waals surface area contributed by atoms with Crippen LogP contribution in [0.3, 0.4) is 0 Å². The molecule has 1 aromatic heterocycles. The van der Waals surface area contributed by atoms with Crippen LogP contribution in [0, 0.1) is 18.3 Å². The highest BCUT2D eigenvalue weighted by molar-refractivity contribution is 5.98. The topological polar surface area (TPSA) is 82.7 Å². The van der Waals surface area contributed by atoms with E-state index in [1.54, 1.807) is 12.1 Å². The van der Waals surface area contributed by atoms with Crippen molar-refractivity contribution in [2.75, 3.05) is 13.1 Å². The number of hydrogen-bond acceptors (Lipinski definition) is 4. The lowest BCUT2D eigenvalue weighted by Gasteiger charge is -2.12. The number of fused-ring (bicyclic) bond motifs is 1. The molecule has 1 unspecified atom stereocenters. The Kier molecular flexibility index (Phi) is 5.18. The van der Waals surface area contributed by atoms with Gasteiger partial charge in [-0.15, -0.1) is 0 Å². The Hall–Kier alpha value is -3.95. The molecule has 6 nitrogen and oxygen atoms in total. The molecule has 1 aliphatic heterocycles. The highest BCUT2D eigenvalue weighted by Gasteiger charge is 2.20. The van der Waals surface area contributed by atoms with Gasteiger partial charge in [0.2, 0.25) is 0 Å². The summed E-state index contributed by atoms with van der Waals surface area (Å²) in [5.41, 5.74) is 5.96. The summed E-state index contributed by atoms with van der Waals surface area (Å²) in [6.07, 6.45) is 0.943. The van der Waals surface area contributed by atoms with E-state index in [0.29, 0.717) is 11.1 Å². The first kappa shape index (κ1) is 20.0. The summed E-state index contributed by atoms with van der Waals surface area (Å²) in [7, 11) is 0. The number of carbonyl (C=O) groups excluding carboxylic acids is 1. The summed E-state index contributed by atoms with van der Waals surface area (Å²) in [4.78, 5) is 17.7. The van der Waals surface area contributed by atoms with Crippen molar-refractivity contribution in [1.29, 1.82) is 5.26 Å². The largest absolute Gasteiger partial charge is 0.348 e. The molecule has 4 aromatic rings. The van der Waals surface area contributed by atoms with Gasteiger partial charge >= 0.3 is 0 Å². The van der Waals surface area contributed by atoms with Crippen LogP contribution in [0.5, 0.6) is 0 Å². The molecule has 1 atom stereocenters. The maximum Gasteiger partial charge on any atom is 0.251 e. The van der Waals surface area contributed by atoms with E-state index in [0.717, 1.165) is 47.6 Å². The summed E-state index contributed by atoms with van der Waals surface area (Å²) in [5, 5.41) is 15.5. The normalized spacial score (nSPS) is 15.6. The third-order valence-electron chi connectivity index (χ3n) is 5.88. The predicted molar refractivity (Wildman–Crippen MR) is 125 cm³/mol. The first-order valence-corrected chi connectivity index (χ1v) is 10.7. The number of benzene rings is 3. The Morgan fingerprint density at radius 2 is 1.91 bits per heavy atom. The molecule has 0 spiro atoms. The van der Waals surface area contributed by atoms with E-state index in [1.807, 2.05) is 30.3 Å². The first-order chi connectivity index (χ1) is 15.6. The third kappa shape index (κ3) is 3.75. The second-order valence-corrected chi connectivity index (χ2v) is 8.16. The number of nitrogens with one attached hydrogen (secondary N) is 2. The summed E-state index contributed by atoms with van der Waals surface area (Å²) in [5.74, 6) is 0.691.